The number of rotatable bonds is 3. The van der Waals surface area contributed by atoms with Crippen molar-refractivity contribution in [3.05, 3.63) is 65.5 Å². The van der Waals surface area contributed by atoms with Crippen molar-refractivity contribution in [1.29, 1.82) is 0 Å². The summed E-state index contributed by atoms with van der Waals surface area (Å²) in [5.41, 5.74) is 3.86. The van der Waals surface area contributed by atoms with Crippen LogP contribution in [0.3, 0.4) is 0 Å². The summed E-state index contributed by atoms with van der Waals surface area (Å²) in [4.78, 5) is 4.39. The quantitative estimate of drug-likeness (QED) is 0.753. The van der Waals surface area contributed by atoms with Gasteiger partial charge in [-0.15, -0.1) is 0 Å². The lowest BCUT2D eigenvalue weighted by molar-refractivity contribution is 0.731. The molecule has 0 N–H and O–H groups in total. The molecule has 0 fully saturated rings. The number of nitrogens with zero attached hydrogens (tertiary/aromatic N) is 1. The van der Waals surface area contributed by atoms with E-state index in [4.69, 9.17) is 0 Å². The topological polar surface area (TPSA) is 12.9 Å². The molecule has 0 saturated carbocycles. The average Bonchev–Trinajstić information content (AvgIpc) is 2.33. The van der Waals surface area contributed by atoms with Gasteiger partial charge in [-0.05, 0) is 31.0 Å². The summed E-state index contributed by atoms with van der Waals surface area (Å²) in [6.45, 7) is 4.34. The van der Waals surface area contributed by atoms with Crippen LogP contribution in [-0.4, -0.2) is 4.98 Å². The Morgan fingerprint density at radius 1 is 1.06 bits per heavy atom. The highest BCUT2D eigenvalue weighted by atomic mass is 14.7. The number of aromatic nitrogens is 1. The van der Waals surface area contributed by atoms with Gasteiger partial charge in [0.25, 0.3) is 0 Å². The highest BCUT2D eigenvalue weighted by Gasteiger charge is 2.06. The van der Waals surface area contributed by atoms with Crippen LogP contribution in [0.15, 0.2) is 48.7 Å². The summed E-state index contributed by atoms with van der Waals surface area (Å²) in [7, 11) is 0. The van der Waals surface area contributed by atoms with E-state index in [-0.39, 0.29) is 0 Å². The summed E-state index contributed by atoms with van der Waals surface area (Å²) in [5, 5.41) is 0. The molecule has 1 heteroatoms. The lowest BCUT2D eigenvalue weighted by Crippen LogP contribution is -2.00. The van der Waals surface area contributed by atoms with Gasteiger partial charge in [-0.1, -0.05) is 42.8 Å². The first-order chi connectivity index (χ1) is 7.75. The molecule has 0 aliphatic rings. The maximum absolute atomic E-state index is 4.39. The predicted molar refractivity (Wildman–Crippen MR) is 67.5 cm³/mol. The Bertz CT molecular complexity index is 431. The number of aryl methyl sites for hydroxylation is 1. The van der Waals surface area contributed by atoms with Crippen molar-refractivity contribution in [1.82, 2.24) is 4.98 Å². The molecule has 82 valence electrons. The number of hydrogen-bond acceptors (Lipinski definition) is 1. The van der Waals surface area contributed by atoms with E-state index in [2.05, 4.69) is 49.2 Å². The third-order valence-electron chi connectivity index (χ3n) is 2.86. The first-order valence-electron chi connectivity index (χ1n) is 5.72. The summed E-state index contributed by atoms with van der Waals surface area (Å²) >= 11 is 0. The third kappa shape index (κ3) is 2.69. The molecule has 0 aliphatic carbocycles. The molecule has 1 nitrogen and oxygen atoms in total. The Hall–Kier alpha value is -1.63. The average molecular weight is 211 g/mol. The molecule has 0 amide bonds. The normalized spacial score (nSPS) is 12.4. The molecule has 0 aliphatic heterocycles. The van der Waals surface area contributed by atoms with Crippen molar-refractivity contribution >= 4 is 0 Å². The standard InChI is InChI=1S/C15H17N/c1-12-6-8-14(9-7-12)11-13(2)15-5-3-4-10-16-15/h3-10,13H,11H2,1-2H3/t13-/m1/s1. The molecular weight excluding hydrogens is 194 g/mol. The van der Waals surface area contributed by atoms with E-state index in [1.807, 2.05) is 18.3 Å². The molecule has 2 aromatic rings. The number of pyridine rings is 1. The fourth-order valence-corrected chi connectivity index (χ4v) is 1.85. The van der Waals surface area contributed by atoms with Gasteiger partial charge in [-0.2, -0.15) is 0 Å². The van der Waals surface area contributed by atoms with Gasteiger partial charge in [-0.3, -0.25) is 4.98 Å². The molecule has 0 unspecified atom stereocenters. The van der Waals surface area contributed by atoms with Gasteiger partial charge in [0.1, 0.15) is 0 Å². The largest absolute Gasteiger partial charge is 0.261 e. The van der Waals surface area contributed by atoms with Crippen molar-refractivity contribution in [3.8, 4) is 0 Å². The molecule has 0 radical (unpaired) electrons. The fourth-order valence-electron chi connectivity index (χ4n) is 1.85. The van der Waals surface area contributed by atoms with Crippen LogP contribution >= 0.6 is 0 Å². The van der Waals surface area contributed by atoms with Crippen molar-refractivity contribution < 1.29 is 0 Å². The summed E-state index contributed by atoms with van der Waals surface area (Å²) in [6.07, 6.45) is 2.91. The van der Waals surface area contributed by atoms with Crippen LogP contribution in [-0.2, 0) is 6.42 Å². The number of hydrogen-bond donors (Lipinski definition) is 0. The molecule has 1 heterocycles. The Labute approximate surface area is 97.2 Å². The molecule has 0 bridgehead atoms. The van der Waals surface area contributed by atoms with E-state index in [1.54, 1.807) is 0 Å². The molecule has 1 atom stereocenters. The molecule has 0 spiro atoms. The van der Waals surface area contributed by atoms with Gasteiger partial charge in [0, 0.05) is 17.8 Å². The molecule has 16 heavy (non-hydrogen) atoms. The van der Waals surface area contributed by atoms with Crippen LogP contribution in [0.2, 0.25) is 0 Å². The maximum atomic E-state index is 4.39. The number of benzene rings is 1. The van der Waals surface area contributed by atoms with Gasteiger partial charge in [0.05, 0.1) is 0 Å². The smallest absolute Gasteiger partial charge is 0.0435 e. The molecule has 1 aromatic heterocycles. The Kier molecular flexibility index (Phi) is 3.35. The van der Waals surface area contributed by atoms with Gasteiger partial charge >= 0.3 is 0 Å². The lowest BCUT2D eigenvalue weighted by Gasteiger charge is -2.10. The monoisotopic (exact) mass is 211 g/mol. The lowest BCUT2D eigenvalue weighted by atomic mass is 9.97. The maximum Gasteiger partial charge on any atom is 0.0435 e. The summed E-state index contributed by atoms with van der Waals surface area (Å²) in [6, 6.07) is 14.8. The van der Waals surface area contributed by atoms with Crippen LogP contribution in [0.4, 0.5) is 0 Å². The minimum Gasteiger partial charge on any atom is -0.261 e. The van der Waals surface area contributed by atoms with Crippen molar-refractivity contribution in [3.63, 3.8) is 0 Å². The van der Waals surface area contributed by atoms with E-state index >= 15 is 0 Å². The summed E-state index contributed by atoms with van der Waals surface area (Å²) in [5.74, 6) is 0.476. The SMILES string of the molecule is Cc1ccc(C[C@@H](C)c2ccccn2)cc1. The second-order valence-electron chi connectivity index (χ2n) is 4.35. The first-order valence-corrected chi connectivity index (χ1v) is 5.72. The highest BCUT2D eigenvalue weighted by Crippen LogP contribution is 2.18. The van der Waals surface area contributed by atoms with Crippen LogP contribution in [0, 0.1) is 6.92 Å². The zero-order valence-electron chi connectivity index (χ0n) is 9.85. The van der Waals surface area contributed by atoms with Gasteiger partial charge in [-0.25, -0.2) is 0 Å². The highest BCUT2D eigenvalue weighted by molar-refractivity contribution is 5.23. The molecule has 0 saturated heterocycles. The van der Waals surface area contributed by atoms with E-state index in [0.717, 1.165) is 6.42 Å². The summed E-state index contributed by atoms with van der Waals surface area (Å²) < 4.78 is 0. The van der Waals surface area contributed by atoms with Crippen LogP contribution in [0.25, 0.3) is 0 Å². The molecular formula is C15H17N. The molecule has 1 aromatic carbocycles. The van der Waals surface area contributed by atoms with Crippen molar-refractivity contribution in [2.45, 2.75) is 26.2 Å². The first kappa shape index (κ1) is 10.9. The Morgan fingerprint density at radius 2 is 1.81 bits per heavy atom. The minimum absolute atomic E-state index is 0.476. The van der Waals surface area contributed by atoms with Crippen LogP contribution in [0.1, 0.15) is 29.7 Å². The second kappa shape index (κ2) is 4.93. The third-order valence-corrected chi connectivity index (χ3v) is 2.86. The molecule has 2 rings (SSSR count). The van der Waals surface area contributed by atoms with Gasteiger partial charge in [0.15, 0.2) is 0 Å². The zero-order chi connectivity index (χ0) is 11.4. The van der Waals surface area contributed by atoms with Gasteiger partial charge < -0.3 is 0 Å². The predicted octanol–water partition coefficient (Wildman–Crippen LogP) is 3.74. The van der Waals surface area contributed by atoms with Crippen LogP contribution in [0.5, 0.6) is 0 Å². The Morgan fingerprint density at radius 3 is 2.44 bits per heavy atom. The van der Waals surface area contributed by atoms with E-state index in [1.165, 1.54) is 16.8 Å². The zero-order valence-corrected chi connectivity index (χ0v) is 9.85. The van der Waals surface area contributed by atoms with Crippen molar-refractivity contribution in [2.24, 2.45) is 0 Å². The Balaban J connectivity index is 2.08. The van der Waals surface area contributed by atoms with E-state index < -0.39 is 0 Å². The van der Waals surface area contributed by atoms with E-state index in [9.17, 15) is 0 Å². The van der Waals surface area contributed by atoms with Gasteiger partial charge in [0.2, 0.25) is 0 Å². The second-order valence-corrected chi connectivity index (χ2v) is 4.35. The van der Waals surface area contributed by atoms with Crippen molar-refractivity contribution in [2.75, 3.05) is 0 Å². The van der Waals surface area contributed by atoms with Crippen LogP contribution < -0.4 is 0 Å². The minimum atomic E-state index is 0.476. The fraction of sp³-hybridized carbons (Fsp3) is 0.267. The van der Waals surface area contributed by atoms with E-state index in [0.29, 0.717) is 5.92 Å².